The molecule has 0 bridgehead atoms. The zero-order valence-corrected chi connectivity index (χ0v) is 14.5. The van der Waals surface area contributed by atoms with Crippen molar-refractivity contribution < 1.29 is 5.11 Å². The Morgan fingerprint density at radius 1 is 1.20 bits per heavy atom. The Morgan fingerprint density at radius 3 is 2.92 bits per heavy atom. The van der Waals surface area contributed by atoms with Gasteiger partial charge in [0, 0.05) is 55.4 Å². The van der Waals surface area contributed by atoms with Crippen LogP contribution >= 0.6 is 0 Å². The van der Waals surface area contributed by atoms with E-state index >= 15 is 0 Å². The number of benzene rings is 1. The summed E-state index contributed by atoms with van der Waals surface area (Å²) in [6, 6.07) is 10.3. The van der Waals surface area contributed by atoms with E-state index in [1.165, 1.54) is 16.5 Å². The van der Waals surface area contributed by atoms with Gasteiger partial charge in [0.1, 0.15) is 0 Å². The lowest BCUT2D eigenvalue weighted by Gasteiger charge is -2.15. The number of pyridine rings is 1. The molecule has 1 aliphatic rings. The van der Waals surface area contributed by atoms with E-state index in [9.17, 15) is 5.11 Å². The van der Waals surface area contributed by atoms with Gasteiger partial charge in [0.25, 0.3) is 0 Å². The second-order valence-corrected chi connectivity index (χ2v) is 6.92. The molecule has 0 saturated carbocycles. The molecule has 0 aliphatic carbocycles. The molecule has 1 aliphatic heterocycles. The highest BCUT2D eigenvalue weighted by molar-refractivity contribution is 5.81. The Kier molecular flexibility index (Phi) is 4.51. The molecular weight excluding hydrogens is 312 g/mol. The highest BCUT2D eigenvalue weighted by Crippen LogP contribution is 2.26. The van der Waals surface area contributed by atoms with Gasteiger partial charge in [-0.15, -0.1) is 0 Å². The summed E-state index contributed by atoms with van der Waals surface area (Å²) < 4.78 is 1.95. The molecule has 0 unspecified atom stereocenters. The molecule has 5 heteroatoms. The second kappa shape index (κ2) is 6.94. The molecule has 3 heterocycles. The summed E-state index contributed by atoms with van der Waals surface area (Å²) in [4.78, 5) is 6.76. The first-order valence-electron chi connectivity index (χ1n) is 8.97. The van der Waals surface area contributed by atoms with Crippen LogP contribution < -0.4 is 0 Å². The summed E-state index contributed by atoms with van der Waals surface area (Å²) in [5, 5.41) is 16.1. The third kappa shape index (κ3) is 3.43. The van der Waals surface area contributed by atoms with Crippen molar-refractivity contribution in [2.24, 2.45) is 5.92 Å². The molecule has 4 rings (SSSR count). The average Bonchev–Trinajstić information content (AvgIpc) is 3.22. The number of rotatable bonds is 5. The minimum absolute atomic E-state index is 0.257. The SMILES string of the molecule is CCn1cc(CN2C[C@@H](Cc3ccnc4ccccc34)[C@H](O)C2)cn1. The van der Waals surface area contributed by atoms with Gasteiger partial charge in [-0.2, -0.15) is 5.10 Å². The van der Waals surface area contributed by atoms with Gasteiger partial charge in [0.2, 0.25) is 0 Å². The molecule has 25 heavy (non-hydrogen) atoms. The van der Waals surface area contributed by atoms with Crippen molar-refractivity contribution in [1.29, 1.82) is 0 Å². The van der Waals surface area contributed by atoms with Gasteiger partial charge in [-0.25, -0.2) is 0 Å². The average molecular weight is 336 g/mol. The van der Waals surface area contributed by atoms with E-state index in [1.807, 2.05) is 29.2 Å². The maximum absolute atomic E-state index is 10.5. The van der Waals surface area contributed by atoms with Crippen molar-refractivity contribution >= 4 is 10.9 Å². The zero-order valence-electron chi connectivity index (χ0n) is 14.5. The fraction of sp³-hybridized carbons (Fsp3) is 0.400. The van der Waals surface area contributed by atoms with Crippen LogP contribution in [0.4, 0.5) is 0 Å². The third-order valence-corrected chi connectivity index (χ3v) is 5.12. The van der Waals surface area contributed by atoms with Crippen LogP contribution in [0.2, 0.25) is 0 Å². The van der Waals surface area contributed by atoms with E-state index in [0.29, 0.717) is 0 Å². The Bertz CT molecular complexity index is 854. The molecule has 1 N–H and O–H groups in total. The topological polar surface area (TPSA) is 54.2 Å². The number of aryl methyl sites for hydroxylation is 1. The standard InChI is InChI=1S/C20H24N4O/c1-2-24-12-15(10-22-24)11-23-13-17(20(25)14-23)9-16-7-8-21-19-6-4-3-5-18(16)19/h3-8,10,12,17,20,25H,2,9,11,13-14H2,1H3/t17-,20-/m1/s1. The number of aliphatic hydroxyl groups excluding tert-OH is 1. The van der Waals surface area contributed by atoms with Gasteiger partial charge >= 0.3 is 0 Å². The molecule has 1 saturated heterocycles. The zero-order chi connectivity index (χ0) is 17.2. The van der Waals surface area contributed by atoms with E-state index in [2.05, 4.69) is 46.3 Å². The number of hydrogen-bond donors (Lipinski definition) is 1. The molecule has 0 radical (unpaired) electrons. The van der Waals surface area contributed by atoms with E-state index in [1.54, 1.807) is 0 Å². The van der Waals surface area contributed by atoms with Crippen LogP contribution in [0.15, 0.2) is 48.9 Å². The summed E-state index contributed by atoms with van der Waals surface area (Å²) in [5.41, 5.74) is 3.51. The molecule has 130 valence electrons. The van der Waals surface area contributed by atoms with E-state index < -0.39 is 0 Å². The van der Waals surface area contributed by atoms with E-state index in [4.69, 9.17) is 0 Å². The highest BCUT2D eigenvalue weighted by atomic mass is 16.3. The minimum atomic E-state index is -0.284. The monoisotopic (exact) mass is 336 g/mol. The van der Waals surface area contributed by atoms with Crippen molar-refractivity contribution in [1.82, 2.24) is 19.7 Å². The minimum Gasteiger partial charge on any atom is -0.391 e. The lowest BCUT2D eigenvalue weighted by atomic mass is 9.94. The van der Waals surface area contributed by atoms with Crippen molar-refractivity contribution in [3.05, 3.63) is 60.0 Å². The lowest BCUT2D eigenvalue weighted by Crippen LogP contribution is -2.21. The summed E-state index contributed by atoms with van der Waals surface area (Å²) in [7, 11) is 0. The quantitative estimate of drug-likeness (QED) is 0.778. The van der Waals surface area contributed by atoms with Crippen LogP contribution in [0.3, 0.4) is 0 Å². The van der Waals surface area contributed by atoms with Crippen LogP contribution in [-0.2, 0) is 19.5 Å². The van der Waals surface area contributed by atoms with Crippen LogP contribution in [-0.4, -0.2) is 44.0 Å². The molecule has 5 nitrogen and oxygen atoms in total. The first-order chi connectivity index (χ1) is 12.2. The van der Waals surface area contributed by atoms with E-state index in [0.717, 1.165) is 38.1 Å². The molecule has 1 aromatic carbocycles. The Balaban J connectivity index is 1.46. The van der Waals surface area contributed by atoms with Crippen molar-refractivity contribution in [2.45, 2.75) is 32.5 Å². The van der Waals surface area contributed by atoms with Gasteiger partial charge in [0.05, 0.1) is 17.8 Å². The third-order valence-electron chi connectivity index (χ3n) is 5.12. The van der Waals surface area contributed by atoms with Crippen LogP contribution in [0.25, 0.3) is 10.9 Å². The molecule has 1 fully saturated rings. The number of aromatic nitrogens is 3. The van der Waals surface area contributed by atoms with Gasteiger partial charge in [-0.05, 0) is 31.0 Å². The highest BCUT2D eigenvalue weighted by Gasteiger charge is 2.31. The summed E-state index contributed by atoms with van der Waals surface area (Å²) in [6.45, 7) is 5.47. The number of fused-ring (bicyclic) bond motifs is 1. The fourth-order valence-electron chi connectivity index (χ4n) is 3.81. The Morgan fingerprint density at radius 2 is 2.08 bits per heavy atom. The molecular formula is C20H24N4O. The Hall–Kier alpha value is -2.24. The first-order valence-corrected chi connectivity index (χ1v) is 8.97. The second-order valence-electron chi connectivity index (χ2n) is 6.92. The van der Waals surface area contributed by atoms with Gasteiger partial charge in [-0.3, -0.25) is 14.6 Å². The van der Waals surface area contributed by atoms with Crippen molar-refractivity contribution in [2.75, 3.05) is 13.1 Å². The van der Waals surface area contributed by atoms with Crippen molar-refractivity contribution in [3.8, 4) is 0 Å². The fourth-order valence-corrected chi connectivity index (χ4v) is 3.81. The van der Waals surface area contributed by atoms with E-state index in [-0.39, 0.29) is 12.0 Å². The van der Waals surface area contributed by atoms with Crippen LogP contribution in [0.5, 0.6) is 0 Å². The predicted octanol–water partition coefficient (Wildman–Crippen LogP) is 2.49. The van der Waals surface area contributed by atoms with Gasteiger partial charge in [-0.1, -0.05) is 18.2 Å². The summed E-state index contributed by atoms with van der Waals surface area (Å²) >= 11 is 0. The predicted molar refractivity (Wildman–Crippen MR) is 98.1 cm³/mol. The number of hydrogen-bond acceptors (Lipinski definition) is 4. The lowest BCUT2D eigenvalue weighted by molar-refractivity contribution is 0.141. The summed E-state index contributed by atoms with van der Waals surface area (Å²) in [6.07, 6.45) is 6.49. The largest absolute Gasteiger partial charge is 0.391 e. The van der Waals surface area contributed by atoms with Gasteiger partial charge in [0.15, 0.2) is 0 Å². The van der Waals surface area contributed by atoms with Crippen LogP contribution in [0, 0.1) is 5.92 Å². The smallest absolute Gasteiger partial charge is 0.0710 e. The number of aliphatic hydroxyl groups is 1. The molecule has 2 aromatic heterocycles. The maximum Gasteiger partial charge on any atom is 0.0710 e. The number of likely N-dealkylation sites (tertiary alicyclic amines) is 1. The number of para-hydroxylation sites is 1. The number of β-amino-alcohol motifs (C(OH)–C–C–N with tert-alkyl or cyclic N) is 1. The molecule has 0 spiro atoms. The molecule has 3 aromatic rings. The number of nitrogens with zero attached hydrogens (tertiary/aromatic N) is 4. The summed E-state index contributed by atoms with van der Waals surface area (Å²) in [5.74, 6) is 0.257. The maximum atomic E-state index is 10.5. The molecule has 2 atom stereocenters. The Labute approximate surface area is 147 Å². The molecule has 0 amide bonds. The van der Waals surface area contributed by atoms with Gasteiger partial charge < -0.3 is 5.11 Å². The normalized spacial score (nSPS) is 21.2. The van der Waals surface area contributed by atoms with Crippen molar-refractivity contribution in [3.63, 3.8) is 0 Å². The van der Waals surface area contributed by atoms with Crippen LogP contribution in [0.1, 0.15) is 18.1 Å². The first kappa shape index (κ1) is 16.2.